The molecule has 3 rings (SSSR count). The number of rotatable bonds is 4. The second-order valence-corrected chi connectivity index (χ2v) is 6.47. The average Bonchev–Trinajstić information content (AvgIpc) is 2.56. The monoisotopic (exact) mass is 315 g/mol. The molecule has 0 radical (unpaired) electrons. The summed E-state index contributed by atoms with van der Waals surface area (Å²) in [4.78, 5) is 28.3. The van der Waals surface area contributed by atoms with Crippen molar-refractivity contribution in [2.24, 2.45) is 0 Å². The van der Waals surface area contributed by atoms with E-state index in [1.807, 2.05) is 28.0 Å². The van der Waals surface area contributed by atoms with Crippen molar-refractivity contribution in [3.8, 4) is 0 Å². The minimum Gasteiger partial charge on any atom is -0.340 e. The van der Waals surface area contributed by atoms with Crippen molar-refractivity contribution in [3.05, 3.63) is 29.8 Å². The van der Waals surface area contributed by atoms with E-state index in [1.165, 1.54) is 5.56 Å². The predicted molar refractivity (Wildman–Crippen MR) is 90.4 cm³/mol. The van der Waals surface area contributed by atoms with E-state index in [-0.39, 0.29) is 11.8 Å². The fourth-order valence-electron chi connectivity index (χ4n) is 3.45. The Hall–Kier alpha value is -1.88. The Morgan fingerprint density at radius 1 is 1.30 bits per heavy atom. The number of hydrogen-bond acceptors (Lipinski definition) is 3. The molecule has 5 nitrogen and oxygen atoms in total. The maximum Gasteiger partial charge on any atom is 0.227 e. The van der Waals surface area contributed by atoms with Crippen LogP contribution in [0.4, 0.5) is 5.69 Å². The van der Waals surface area contributed by atoms with Gasteiger partial charge in [0.15, 0.2) is 0 Å². The van der Waals surface area contributed by atoms with E-state index >= 15 is 0 Å². The second-order valence-electron chi connectivity index (χ2n) is 6.47. The molecule has 2 aliphatic heterocycles. The Kier molecular flexibility index (Phi) is 4.96. The fourth-order valence-corrected chi connectivity index (χ4v) is 3.45. The third-order valence-corrected chi connectivity index (χ3v) is 4.69. The van der Waals surface area contributed by atoms with Crippen LogP contribution in [0.2, 0.25) is 0 Å². The molecule has 2 heterocycles. The summed E-state index contributed by atoms with van der Waals surface area (Å²) in [6.07, 6.45) is 2.62. The van der Waals surface area contributed by atoms with Crippen molar-refractivity contribution in [2.75, 3.05) is 31.1 Å². The van der Waals surface area contributed by atoms with E-state index in [2.05, 4.69) is 18.3 Å². The molecule has 1 N–H and O–H groups in total. The SMILES string of the molecule is C[C@H]1CN(C(=O)CCCN2C(=O)CCc3ccccc32)CCN1. The van der Waals surface area contributed by atoms with Crippen LogP contribution in [0.5, 0.6) is 0 Å². The Morgan fingerprint density at radius 2 is 2.13 bits per heavy atom. The van der Waals surface area contributed by atoms with Gasteiger partial charge in [-0.1, -0.05) is 18.2 Å². The number of para-hydroxylation sites is 1. The molecule has 1 fully saturated rings. The Morgan fingerprint density at radius 3 is 2.96 bits per heavy atom. The molecule has 0 saturated carbocycles. The first-order chi connectivity index (χ1) is 11.1. The normalized spacial score (nSPS) is 21.3. The summed E-state index contributed by atoms with van der Waals surface area (Å²) in [6.45, 7) is 5.16. The zero-order valence-corrected chi connectivity index (χ0v) is 13.8. The molecule has 1 aromatic carbocycles. The highest BCUT2D eigenvalue weighted by Crippen LogP contribution is 2.27. The molecule has 0 aliphatic carbocycles. The molecule has 1 saturated heterocycles. The highest BCUT2D eigenvalue weighted by atomic mass is 16.2. The van der Waals surface area contributed by atoms with Gasteiger partial charge in [-0.2, -0.15) is 0 Å². The lowest BCUT2D eigenvalue weighted by molar-refractivity contribution is -0.132. The van der Waals surface area contributed by atoms with E-state index in [0.717, 1.165) is 38.2 Å². The van der Waals surface area contributed by atoms with Crippen LogP contribution >= 0.6 is 0 Å². The van der Waals surface area contributed by atoms with Crippen molar-refractivity contribution in [1.29, 1.82) is 0 Å². The van der Waals surface area contributed by atoms with E-state index in [9.17, 15) is 9.59 Å². The van der Waals surface area contributed by atoms with Crippen LogP contribution in [0.1, 0.15) is 31.7 Å². The molecule has 0 bridgehead atoms. The first-order valence-corrected chi connectivity index (χ1v) is 8.54. The summed E-state index contributed by atoms with van der Waals surface area (Å²) in [5, 5.41) is 3.34. The van der Waals surface area contributed by atoms with E-state index in [4.69, 9.17) is 0 Å². The first-order valence-electron chi connectivity index (χ1n) is 8.54. The van der Waals surface area contributed by atoms with Crippen molar-refractivity contribution in [2.45, 2.75) is 38.6 Å². The number of carbonyl (C=O) groups excluding carboxylic acids is 2. The van der Waals surface area contributed by atoms with Gasteiger partial charge in [0, 0.05) is 50.7 Å². The number of hydrogen-bond donors (Lipinski definition) is 1. The molecule has 0 unspecified atom stereocenters. The minimum atomic E-state index is 0.173. The van der Waals surface area contributed by atoms with Crippen LogP contribution in [0.3, 0.4) is 0 Å². The Bertz CT molecular complexity index is 587. The lowest BCUT2D eigenvalue weighted by Gasteiger charge is -2.32. The summed E-state index contributed by atoms with van der Waals surface area (Å²) in [5.74, 6) is 0.378. The first kappa shape index (κ1) is 16.0. The summed E-state index contributed by atoms with van der Waals surface area (Å²) in [7, 11) is 0. The molecule has 124 valence electrons. The maximum absolute atomic E-state index is 12.3. The van der Waals surface area contributed by atoms with Gasteiger partial charge in [-0.15, -0.1) is 0 Å². The van der Waals surface area contributed by atoms with Crippen molar-refractivity contribution in [3.63, 3.8) is 0 Å². The van der Waals surface area contributed by atoms with E-state index in [0.29, 0.717) is 25.4 Å². The number of amides is 2. The molecule has 1 aromatic rings. The van der Waals surface area contributed by atoms with Gasteiger partial charge in [0.2, 0.25) is 11.8 Å². The van der Waals surface area contributed by atoms with Crippen molar-refractivity contribution < 1.29 is 9.59 Å². The molecule has 0 aromatic heterocycles. The number of carbonyl (C=O) groups is 2. The number of nitrogens with zero attached hydrogens (tertiary/aromatic N) is 2. The van der Waals surface area contributed by atoms with Gasteiger partial charge in [0.05, 0.1) is 0 Å². The lowest BCUT2D eigenvalue weighted by atomic mass is 10.0. The molecular weight excluding hydrogens is 290 g/mol. The summed E-state index contributed by atoms with van der Waals surface area (Å²) in [6, 6.07) is 8.44. The van der Waals surface area contributed by atoms with Gasteiger partial charge in [-0.3, -0.25) is 9.59 Å². The maximum atomic E-state index is 12.3. The van der Waals surface area contributed by atoms with Crippen molar-refractivity contribution in [1.82, 2.24) is 10.2 Å². The van der Waals surface area contributed by atoms with Gasteiger partial charge in [-0.25, -0.2) is 0 Å². The van der Waals surface area contributed by atoms with Crippen LogP contribution < -0.4 is 10.2 Å². The zero-order chi connectivity index (χ0) is 16.2. The Balaban J connectivity index is 1.54. The zero-order valence-electron chi connectivity index (χ0n) is 13.8. The fraction of sp³-hybridized carbons (Fsp3) is 0.556. The minimum absolute atomic E-state index is 0.173. The van der Waals surface area contributed by atoms with Gasteiger partial charge < -0.3 is 15.1 Å². The molecule has 2 amide bonds. The summed E-state index contributed by atoms with van der Waals surface area (Å²) < 4.78 is 0. The lowest BCUT2D eigenvalue weighted by Crippen LogP contribution is -2.51. The average molecular weight is 315 g/mol. The molecule has 1 atom stereocenters. The van der Waals surface area contributed by atoms with Crippen LogP contribution in [0.25, 0.3) is 0 Å². The number of nitrogens with one attached hydrogen (secondary N) is 1. The van der Waals surface area contributed by atoms with Crippen LogP contribution in [0, 0.1) is 0 Å². The number of piperazine rings is 1. The quantitative estimate of drug-likeness (QED) is 0.917. The standard InChI is InChI=1S/C18H25N3O2/c1-14-13-20(12-10-19-14)17(22)7-4-11-21-16-6-3-2-5-15(16)8-9-18(21)23/h2-3,5-6,14,19H,4,7-13H2,1H3/t14-/m0/s1. The molecule has 0 spiro atoms. The highest BCUT2D eigenvalue weighted by Gasteiger charge is 2.24. The largest absolute Gasteiger partial charge is 0.340 e. The van der Waals surface area contributed by atoms with Gasteiger partial charge in [0.25, 0.3) is 0 Å². The molecule has 5 heteroatoms. The number of anilines is 1. The highest BCUT2D eigenvalue weighted by molar-refractivity contribution is 5.96. The van der Waals surface area contributed by atoms with Gasteiger partial charge >= 0.3 is 0 Å². The van der Waals surface area contributed by atoms with Gasteiger partial charge in [0.1, 0.15) is 0 Å². The second kappa shape index (κ2) is 7.13. The summed E-state index contributed by atoms with van der Waals surface area (Å²) in [5.41, 5.74) is 2.25. The van der Waals surface area contributed by atoms with Crippen LogP contribution in [-0.2, 0) is 16.0 Å². The molecule has 23 heavy (non-hydrogen) atoms. The van der Waals surface area contributed by atoms with E-state index in [1.54, 1.807) is 0 Å². The van der Waals surface area contributed by atoms with E-state index < -0.39 is 0 Å². The molecule has 2 aliphatic rings. The third kappa shape index (κ3) is 3.72. The smallest absolute Gasteiger partial charge is 0.227 e. The molecular formula is C18H25N3O2. The summed E-state index contributed by atoms with van der Waals surface area (Å²) >= 11 is 0. The third-order valence-electron chi connectivity index (χ3n) is 4.69. The van der Waals surface area contributed by atoms with Gasteiger partial charge in [-0.05, 0) is 31.4 Å². The van der Waals surface area contributed by atoms with Crippen LogP contribution in [-0.4, -0.2) is 48.9 Å². The van der Waals surface area contributed by atoms with Crippen LogP contribution in [0.15, 0.2) is 24.3 Å². The number of benzene rings is 1. The Labute approximate surface area is 137 Å². The number of fused-ring (bicyclic) bond motifs is 1. The number of aryl methyl sites for hydroxylation is 1. The van der Waals surface area contributed by atoms with Crippen molar-refractivity contribution >= 4 is 17.5 Å². The topological polar surface area (TPSA) is 52.7 Å². The predicted octanol–water partition coefficient (Wildman–Crippen LogP) is 1.57.